The van der Waals surface area contributed by atoms with E-state index in [4.69, 9.17) is 0 Å². The Kier molecular flexibility index (Phi) is 4.52. The van der Waals surface area contributed by atoms with E-state index in [-0.39, 0.29) is 11.8 Å². The molecule has 2 atom stereocenters. The Bertz CT molecular complexity index is 892. The van der Waals surface area contributed by atoms with E-state index in [1.807, 2.05) is 42.5 Å². The molecule has 0 radical (unpaired) electrons. The van der Waals surface area contributed by atoms with E-state index in [2.05, 4.69) is 15.3 Å². The van der Waals surface area contributed by atoms with Crippen LogP contribution < -0.4 is 5.32 Å². The summed E-state index contributed by atoms with van der Waals surface area (Å²) in [5.41, 5.74) is 5.64. The summed E-state index contributed by atoms with van der Waals surface area (Å²) in [5.74, 6) is -0.427. The normalized spacial score (nSPS) is 19.0. The molecule has 1 aliphatic carbocycles. The third kappa shape index (κ3) is 3.01. The molecule has 2 N–H and O–H groups in total. The summed E-state index contributed by atoms with van der Waals surface area (Å²) in [6.07, 6.45) is 5.59. The number of para-hydroxylation sites is 1. The molecule has 1 aromatic carbocycles. The minimum atomic E-state index is -0.408. The van der Waals surface area contributed by atoms with Crippen molar-refractivity contribution in [3.63, 3.8) is 0 Å². The number of rotatable bonds is 5. The number of pyridine rings is 1. The van der Waals surface area contributed by atoms with Crippen LogP contribution in [0.2, 0.25) is 0 Å². The first kappa shape index (κ1) is 16.5. The monoisotopic (exact) mass is 349 g/mol. The van der Waals surface area contributed by atoms with Crippen LogP contribution in [-0.2, 0) is 11.2 Å². The smallest absolute Gasteiger partial charge is 0.127 e. The maximum absolute atomic E-state index is 13.3. The van der Waals surface area contributed by atoms with Crippen molar-refractivity contribution in [1.82, 2.24) is 9.97 Å². The average Bonchev–Trinajstić information content (AvgIpc) is 3.07. The lowest BCUT2D eigenvalue weighted by atomic mass is 9.80. The quantitative estimate of drug-likeness (QED) is 0.660. The highest BCUT2D eigenvalue weighted by Crippen LogP contribution is 2.44. The van der Waals surface area contributed by atoms with E-state index >= 15 is 0 Å². The van der Waals surface area contributed by atoms with Crippen molar-refractivity contribution in [2.75, 3.05) is 12.0 Å². The van der Waals surface area contributed by atoms with Gasteiger partial charge in [-0.1, -0.05) is 18.2 Å². The summed E-state index contributed by atoms with van der Waals surface area (Å²) >= 11 is 0. The number of alkyl halides is 1. The van der Waals surface area contributed by atoms with Gasteiger partial charge >= 0.3 is 0 Å². The molecule has 3 aromatic rings. The molecule has 0 saturated carbocycles. The van der Waals surface area contributed by atoms with E-state index in [9.17, 15) is 9.18 Å². The third-order valence-corrected chi connectivity index (χ3v) is 4.97. The van der Waals surface area contributed by atoms with Crippen molar-refractivity contribution in [2.45, 2.75) is 18.8 Å². The van der Waals surface area contributed by atoms with Crippen LogP contribution in [0.1, 0.15) is 23.6 Å². The number of benzene rings is 1. The molecule has 1 aliphatic rings. The van der Waals surface area contributed by atoms with Gasteiger partial charge in [-0.2, -0.15) is 0 Å². The Morgan fingerprint density at radius 1 is 1.19 bits per heavy atom. The Balaban J connectivity index is 1.86. The molecule has 0 amide bonds. The third-order valence-electron chi connectivity index (χ3n) is 4.97. The molecule has 0 aliphatic heterocycles. The summed E-state index contributed by atoms with van der Waals surface area (Å²) in [6.45, 7) is -0.408. The molecule has 2 unspecified atom stereocenters. The number of anilines is 2. The Morgan fingerprint density at radius 3 is 2.65 bits per heavy atom. The minimum absolute atomic E-state index is 0.119. The SMILES string of the molecule is O=CC1CC(CF)Cc2[nH]c(-c3ccncc3)c(Nc3ccccc3)c21. The first-order chi connectivity index (χ1) is 12.8. The molecule has 132 valence electrons. The second-order valence-electron chi connectivity index (χ2n) is 6.70. The van der Waals surface area contributed by atoms with E-state index in [1.54, 1.807) is 12.4 Å². The lowest BCUT2D eigenvalue weighted by Crippen LogP contribution is -2.21. The van der Waals surface area contributed by atoms with Gasteiger partial charge < -0.3 is 15.1 Å². The van der Waals surface area contributed by atoms with Gasteiger partial charge in [-0.05, 0) is 43.0 Å². The van der Waals surface area contributed by atoms with Gasteiger partial charge in [0.15, 0.2) is 0 Å². The summed E-state index contributed by atoms with van der Waals surface area (Å²) in [7, 11) is 0. The molecule has 0 spiro atoms. The van der Waals surface area contributed by atoms with Crippen molar-refractivity contribution < 1.29 is 9.18 Å². The molecule has 0 bridgehead atoms. The van der Waals surface area contributed by atoms with Gasteiger partial charge in [-0.3, -0.25) is 9.37 Å². The first-order valence-corrected chi connectivity index (χ1v) is 8.78. The van der Waals surface area contributed by atoms with Gasteiger partial charge in [0.05, 0.1) is 18.1 Å². The van der Waals surface area contributed by atoms with E-state index < -0.39 is 6.67 Å². The number of aldehydes is 1. The number of fused-ring (bicyclic) bond motifs is 1. The fourth-order valence-corrected chi connectivity index (χ4v) is 3.76. The molecule has 26 heavy (non-hydrogen) atoms. The Hall–Kier alpha value is -2.95. The Morgan fingerprint density at radius 2 is 1.96 bits per heavy atom. The van der Waals surface area contributed by atoms with Crippen LogP contribution >= 0.6 is 0 Å². The van der Waals surface area contributed by atoms with Gasteiger partial charge in [-0.25, -0.2) is 0 Å². The van der Waals surface area contributed by atoms with Crippen LogP contribution in [0, 0.1) is 5.92 Å². The Labute approximate surface area is 151 Å². The number of carbonyl (C=O) groups is 1. The van der Waals surface area contributed by atoms with E-state index in [0.717, 1.165) is 40.2 Å². The summed E-state index contributed by atoms with van der Waals surface area (Å²) in [4.78, 5) is 19.3. The highest BCUT2D eigenvalue weighted by atomic mass is 19.1. The fourth-order valence-electron chi connectivity index (χ4n) is 3.76. The number of nitrogens with one attached hydrogen (secondary N) is 2. The maximum Gasteiger partial charge on any atom is 0.127 e. The molecule has 0 saturated heterocycles. The highest BCUT2D eigenvalue weighted by Gasteiger charge is 2.32. The lowest BCUT2D eigenvalue weighted by molar-refractivity contribution is -0.109. The van der Waals surface area contributed by atoms with Crippen LogP contribution in [-0.4, -0.2) is 22.9 Å². The molecule has 2 heterocycles. The molecular formula is C21H20FN3O. The molecular weight excluding hydrogens is 329 g/mol. The zero-order valence-corrected chi connectivity index (χ0v) is 14.3. The van der Waals surface area contributed by atoms with Crippen LogP contribution in [0.3, 0.4) is 0 Å². The van der Waals surface area contributed by atoms with Crippen molar-refractivity contribution in [2.24, 2.45) is 5.92 Å². The number of hydrogen-bond donors (Lipinski definition) is 2. The number of aromatic nitrogens is 2. The zero-order valence-electron chi connectivity index (χ0n) is 14.3. The molecule has 2 aromatic heterocycles. The lowest BCUT2D eigenvalue weighted by Gasteiger charge is -2.25. The van der Waals surface area contributed by atoms with Gasteiger partial charge in [0.2, 0.25) is 0 Å². The topological polar surface area (TPSA) is 57.8 Å². The van der Waals surface area contributed by atoms with Crippen LogP contribution in [0.15, 0.2) is 54.9 Å². The van der Waals surface area contributed by atoms with Gasteiger partial charge in [0.1, 0.15) is 6.29 Å². The zero-order chi connectivity index (χ0) is 17.9. The molecule has 4 rings (SSSR count). The van der Waals surface area contributed by atoms with Crippen molar-refractivity contribution >= 4 is 17.7 Å². The van der Waals surface area contributed by atoms with Gasteiger partial charge in [-0.15, -0.1) is 0 Å². The van der Waals surface area contributed by atoms with Crippen molar-refractivity contribution in [1.29, 1.82) is 0 Å². The number of carbonyl (C=O) groups excluding carboxylic acids is 1. The predicted molar refractivity (Wildman–Crippen MR) is 100 cm³/mol. The van der Waals surface area contributed by atoms with Crippen LogP contribution in [0.5, 0.6) is 0 Å². The first-order valence-electron chi connectivity index (χ1n) is 8.78. The van der Waals surface area contributed by atoms with E-state index in [0.29, 0.717) is 12.8 Å². The minimum Gasteiger partial charge on any atom is -0.356 e. The van der Waals surface area contributed by atoms with Gasteiger partial charge in [0.25, 0.3) is 0 Å². The standard InChI is InChI=1S/C21H20FN3O/c22-12-14-10-16(13-26)19-18(11-14)25-20(15-6-8-23-9-7-15)21(19)24-17-4-2-1-3-5-17/h1-9,13-14,16,24-25H,10-12H2. The number of H-pyrrole nitrogens is 1. The van der Waals surface area contributed by atoms with Crippen LogP contribution in [0.4, 0.5) is 15.8 Å². The maximum atomic E-state index is 13.3. The number of aromatic amines is 1. The van der Waals surface area contributed by atoms with Crippen LogP contribution in [0.25, 0.3) is 11.3 Å². The van der Waals surface area contributed by atoms with Gasteiger partial charge in [0, 0.05) is 40.8 Å². The largest absolute Gasteiger partial charge is 0.356 e. The summed E-state index contributed by atoms with van der Waals surface area (Å²) < 4.78 is 13.3. The second kappa shape index (κ2) is 7.12. The molecule has 0 fully saturated rings. The molecule has 5 heteroatoms. The fraction of sp³-hybridized carbons (Fsp3) is 0.238. The number of nitrogens with zero attached hydrogens (tertiary/aromatic N) is 1. The van der Waals surface area contributed by atoms with E-state index in [1.165, 1.54) is 0 Å². The molecule has 4 nitrogen and oxygen atoms in total. The number of hydrogen-bond acceptors (Lipinski definition) is 3. The summed E-state index contributed by atoms with van der Waals surface area (Å²) in [6, 6.07) is 13.7. The number of halogens is 1. The predicted octanol–water partition coefficient (Wildman–Crippen LogP) is 4.63. The van der Waals surface area contributed by atoms with Crippen molar-refractivity contribution in [3.8, 4) is 11.3 Å². The summed E-state index contributed by atoms with van der Waals surface area (Å²) in [5, 5.41) is 3.47. The second-order valence-corrected chi connectivity index (χ2v) is 6.70. The average molecular weight is 349 g/mol. The highest BCUT2D eigenvalue weighted by molar-refractivity contribution is 5.86. The van der Waals surface area contributed by atoms with Crippen molar-refractivity contribution in [3.05, 3.63) is 66.1 Å².